The molecule has 0 unspecified atom stereocenters. The van der Waals surface area contributed by atoms with E-state index in [1.165, 1.54) is 11.8 Å². The van der Waals surface area contributed by atoms with Gasteiger partial charge in [0, 0.05) is 24.0 Å². The first-order chi connectivity index (χ1) is 16.1. The van der Waals surface area contributed by atoms with Gasteiger partial charge in [-0.3, -0.25) is 14.2 Å². The molecule has 7 nitrogen and oxygen atoms in total. The van der Waals surface area contributed by atoms with Crippen LogP contribution in [-0.4, -0.2) is 26.2 Å². The van der Waals surface area contributed by atoms with E-state index in [1.807, 2.05) is 36.5 Å². The van der Waals surface area contributed by atoms with Crippen LogP contribution in [0.3, 0.4) is 0 Å². The molecule has 2 aromatic carbocycles. The molecule has 2 heterocycles. The van der Waals surface area contributed by atoms with Gasteiger partial charge in [-0.25, -0.2) is 4.98 Å². The molecule has 33 heavy (non-hydrogen) atoms. The fraction of sp³-hybridized carbons (Fsp3) is 0.200. The number of benzene rings is 2. The Kier molecular flexibility index (Phi) is 6.91. The summed E-state index contributed by atoms with van der Waals surface area (Å²) in [5.74, 6) is -0.143. The SMILES string of the molecule is CCCCn1c(SCC(=O)Nc2cccc(C#N)c2)nc2c(-c3ccccc3)c[nH]c2c1=O. The molecule has 2 N–H and O–H groups in total. The summed E-state index contributed by atoms with van der Waals surface area (Å²) >= 11 is 1.23. The van der Waals surface area contributed by atoms with Crippen LogP contribution < -0.4 is 10.9 Å². The Morgan fingerprint density at radius 3 is 2.79 bits per heavy atom. The van der Waals surface area contributed by atoms with Crippen molar-refractivity contribution in [1.29, 1.82) is 5.26 Å². The highest BCUT2D eigenvalue weighted by Gasteiger charge is 2.17. The van der Waals surface area contributed by atoms with Crippen LogP contribution >= 0.6 is 11.8 Å². The number of amides is 1. The Bertz CT molecular complexity index is 1390. The van der Waals surface area contributed by atoms with E-state index in [2.05, 4.69) is 23.3 Å². The lowest BCUT2D eigenvalue weighted by Gasteiger charge is -2.12. The number of H-pyrrole nitrogens is 1. The number of aromatic nitrogens is 3. The number of nitrogens with one attached hydrogen (secondary N) is 2. The normalized spacial score (nSPS) is 10.8. The van der Waals surface area contributed by atoms with Crippen molar-refractivity contribution in [1.82, 2.24) is 14.5 Å². The van der Waals surface area contributed by atoms with E-state index in [9.17, 15) is 9.59 Å². The average molecular weight is 458 g/mol. The van der Waals surface area contributed by atoms with Crippen LogP contribution in [0.5, 0.6) is 0 Å². The number of carbonyl (C=O) groups excluding carboxylic acids is 1. The maximum absolute atomic E-state index is 13.3. The zero-order chi connectivity index (χ0) is 23.2. The van der Waals surface area contributed by atoms with Gasteiger partial charge in [-0.05, 0) is 30.2 Å². The third-order valence-electron chi connectivity index (χ3n) is 5.18. The second-order valence-corrected chi connectivity index (χ2v) is 8.47. The third-order valence-corrected chi connectivity index (χ3v) is 6.15. The summed E-state index contributed by atoms with van der Waals surface area (Å²) in [6, 6.07) is 18.6. The number of hydrogen-bond donors (Lipinski definition) is 2. The summed E-state index contributed by atoms with van der Waals surface area (Å²) in [5.41, 5.74) is 3.78. The first-order valence-corrected chi connectivity index (χ1v) is 11.7. The van der Waals surface area contributed by atoms with Crippen LogP contribution in [0.2, 0.25) is 0 Å². The zero-order valence-electron chi connectivity index (χ0n) is 18.2. The summed E-state index contributed by atoms with van der Waals surface area (Å²) in [6.45, 7) is 2.60. The molecule has 1 amide bonds. The van der Waals surface area contributed by atoms with Gasteiger partial charge < -0.3 is 10.3 Å². The molecule has 2 aromatic heterocycles. The number of rotatable bonds is 8. The lowest BCUT2D eigenvalue weighted by molar-refractivity contribution is -0.113. The standard InChI is InChI=1S/C25H23N5O2S/c1-2-3-12-30-24(32)23-22(20(15-27-23)18-9-5-4-6-10-18)29-25(30)33-16-21(31)28-19-11-7-8-17(13-19)14-26/h4-11,13,15,27H,2-3,12,16H2,1H3,(H,28,31). The van der Waals surface area contributed by atoms with E-state index in [4.69, 9.17) is 10.2 Å². The highest BCUT2D eigenvalue weighted by Crippen LogP contribution is 2.28. The number of unbranched alkanes of at least 4 members (excludes halogenated alkanes) is 1. The highest BCUT2D eigenvalue weighted by atomic mass is 32.2. The first kappa shape index (κ1) is 22.4. The molecule has 0 atom stereocenters. The fourth-order valence-electron chi connectivity index (χ4n) is 3.53. The quantitative estimate of drug-likeness (QED) is 0.292. The largest absolute Gasteiger partial charge is 0.355 e. The molecule has 0 saturated carbocycles. The number of carbonyl (C=O) groups is 1. The highest BCUT2D eigenvalue weighted by molar-refractivity contribution is 7.99. The van der Waals surface area contributed by atoms with E-state index >= 15 is 0 Å². The van der Waals surface area contributed by atoms with Crippen LogP contribution in [0.4, 0.5) is 5.69 Å². The zero-order valence-corrected chi connectivity index (χ0v) is 19.0. The number of hydrogen-bond acceptors (Lipinski definition) is 5. The van der Waals surface area contributed by atoms with E-state index < -0.39 is 0 Å². The predicted octanol–water partition coefficient (Wildman–Crippen LogP) is 4.79. The van der Waals surface area contributed by atoms with E-state index in [0.717, 1.165) is 24.0 Å². The molecule has 0 radical (unpaired) electrons. The van der Waals surface area contributed by atoms with Crippen molar-refractivity contribution in [2.45, 2.75) is 31.5 Å². The van der Waals surface area contributed by atoms with Crippen LogP contribution in [0.1, 0.15) is 25.3 Å². The lowest BCUT2D eigenvalue weighted by Crippen LogP contribution is -2.24. The van der Waals surface area contributed by atoms with Crippen molar-refractivity contribution in [2.75, 3.05) is 11.1 Å². The molecule has 0 bridgehead atoms. The number of nitriles is 1. The van der Waals surface area contributed by atoms with Crippen molar-refractivity contribution >= 4 is 34.4 Å². The number of thioether (sulfide) groups is 1. The van der Waals surface area contributed by atoms with Crippen molar-refractivity contribution in [3.05, 3.63) is 76.7 Å². The van der Waals surface area contributed by atoms with Crippen molar-refractivity contribution < 1.29 is 4.79 Å². The Morgan fingerprint density at radius 2 is 2.03 bits per heavy atom. The van der Waals surface area contributed by atoms with Gasteiger partial charge in [0.25, 0.3) is 5.56 Å². The maximum atomic E-state index is 13.3. The Hall–Kier alpha value is -3.83. The van der Waals surface area contributed by atoms with Crippen molar-refractivity contribution in [3.8, 4) is 17.2 Å². The second kappa shape index (κ2) is 10.2. The van der Waals surface area contributed by atoms with Crippen LogP contribution in [0.15, 0.2) is 70.7 Å². The van der Waals surface area contributed by atoms with Gasteiger partial charge in [-0.15, -0.1) is 0 Å². The van der Waals surface area contributed by atoms with Crippen LogP contribution in [-0.2, 0) is 11.3 Å². The molecule has 0 saturated heterocycles. The fourth-order valence-corrected chi connectivity index (χ4v) is 4.35. The average Bonchev–Trinajstić information content (AvgIpc) is 3.27. The van der Waals surface area contributed by atoms with Gasteiger partial charge >= 0.3 is 0 Å². The minimum Gasteiger partial charge on any atom is -0.355 e. The topological polar surface area (TPSA) is 104 Å². The first-order valence-electron chi connectivity index (χ1n) is 10.7. The molecule has 0 spiro atoms. The summed E-state index contributed by atoms with van der Waals surface area (Å²) in [4.78, 5) is 33.7. The van der Waals surface area contributed by atoms with Gasteiger partial charge in [0.2, 0.25) is 5.91 Å². The molecular weight excluding hydrogens is 434 g/mol. The molecule has 0 aliphatic heterocycles. The van der Waals surface area contributed by atoms with E-state index in [-0.39, 0.29) is 17.2 Å². The predicted molar refractivity (Wildman–Crippen MR) is 131 cm³/mol. The Balaban J connectivity index is 1.63. The summed E-state index contributed by atoms with van der Waals surface area (Å²) in [6.07, 6.45) is 3.58. The number of nitrogens with zero attached hydrogens (tertiary/aromatic N) is 3. The van der Waals surface area contributed by atoms with Crippen molar-refractivity contribution in [3.63, 3.8) is 0 Å². The van der Waals surface area contributed by atoms with Gasteiger partial charge in [-0.2, -0.15) is 5.26 Å². The van der Waals surface area contributed by atoms with Gasteiger partial charge in [0.15, 0.2) is 5.16 Å². The second-order valence-electron chi connectivity index (χ2n) is 7.53. The van der Waals surface area contributed by atoms with Crippen LogP contribution in [0.25, 0.3) is 22.2 Å². The monoisotopic (exact) mass is 457 g/mol. The Labute approximate surface area is 195 Å². The molecule has 0 aliphatic carbocycles. The van der Waals surface area contributed by atoms with Gasteiger partial charge in [0.05, 0.1) is 17.4 Å². The smallest absolute Gasteiger partial charge is 0.278 e. The number of anilines is 1. The molecule has 4 aromatic rings. The summed E-state index contributed by atoms with van der Waals surface area (Å²) in [5, 5.41) is 12.4. The van der Waals surface area contributed by atoms with Crippen molar-refractivity contribution in [2.24, 2.45) is 0 Å². The molecule has 0 aliphatic rings. The summed E-state index contributed by atoms with van der Waals surface area (Å²) < 4.78 is 1.64. The van der Waals surface area contributed by atoms with Crippen LogP contribution in [0, 0.1) is 11.3 Å². The molecule has 4 rings (SSSR count). The third kappa shape index (κ3) is 4.99. The minimum absolute atomic E-state index is 0.0892. The van der Waals surface area contributed by atoms with E-state index in [0.29, 0.717) is 34.0 Å². The molecular formula is C25H23N5O2S. The lowest BCUT2D eigenvalue weighted by atomic mass is 10.1. The minimum atomic E-state index is -0.233. The summed E-state index contributed by atoms with van der Waals surface area (Å²) in [7, 11) is 0. The Morgan fingerprint density at radius 1 is 1.21 bits per heavy atom. The maximum Gasteiger partial charge on any atom is 0.278 e. The molecule has 166 valence electrons. The number of fused-ring (bicyclic) bond motifs is 1. The number of aromatic amines is 1. The molecule has 0 fully saturated rings. The van der Waals surface area contributed by atoms with Gasteiger partial charge in [0.1, 0.15) is 11.0 Å². The van der Waals surface area contributed by atoms with Gasteiger partial charge in [-0.1, -0.05) is 61.5 Å². The van der Waals surface area contributed by atoms with E-state index in [1.54, 1.807) is 28.8 Å². The molecule has 8 heteroatoms.